The van der Waals surface area contributed by atoms with E-state index in [-0.39, 0.29) is 23.4 Å². The first-order chi connectivity index (χ1) is 14.7. The van der Waals surface area contributed by atoms with Crippen LogP contribution < -0.4 is 10.2 Å². The Kier molecular flexibility index (Phi) is 6.29. The van der Waals surface area contributed by atoms with Crippen LogP contribution >= 0.6 is 0 Å². The monoisotopic (exact) mass is 456 g/mol. The Morgan fingerprint density at radius 3 is 2.28 bits per heavy atom. The molecule has 0 N–H and O–H groups in total. The van der Waals surface area contributed by atoms with Gasteiger partial charge in [-0.15, -0.1) is 0 Å². The lowest BCUT2D eigenvalue weighted by atomic mass is 9.77. The van der Waals surface area contributed by atoms with E-state index in [4.69, 9.17) is 18.8 Å². The van der Waals surface area contributed by atoms with Gasteiger partial charge in [0.25, 0.3) is 0 Å². The van der Waals surface area contributed by atoms with Gasteiger partial charge in [-0.3, -0.25) is 0 Å². The molecule has 3 rings (SSSR count). The fraction of sp³-hybridized carbons (Fsp3) is 0.619. The molecule has 1 saturated heterocycles. The maximum Gasteiger partial charge on any atom is 0.496 e. The first-order valence-corrected chi connectivity index (χ1v) is 10.5. The molecule has 0 atom stereocenters. The van der Waals surface area contributed by atoms with Gasteiger partial charge in [0.1, 0.15) is 5.65 Å². The number of halogens is 3. The summed E-state index contributed by atoms with van der Waals surface area (Å²) in [6.07, 6.45) is -4.06. The Morgan fingerprint density at radius 1 is 1.19 bits per heavy atom. The van der Waals surface area contributed by atoms with Crippen molar-refractivity contribution in [3.63, 3.8) is 0 Å². The van der Waals surface area contributed by atoms with Crippen LogP contribution in [0.5, 0.6) is 5.75 Å². The lowest BCUT2D eigenvalue weighted by Crippen LogP contribution is -2.41. The molecule has 0 aromatic carbocycles. The highest BCUT2D eigenvalue weighted by Crippen LogP contribution is 2.38. The van der Waals surface area contributed by atoms with E-state index in [1.165, 1.54) is 11.6 Å². The molecule has 1 aliphatic heterocycles. The van der Waals surface area contributed by atoms with Crippen LogP contribution in [-0.2, 0) is 27.5 Å². The number of ether oxygens (including phenoxy) is 2. The third-order valence-electron chi connectivity index (χ3n) is 5.92. The number of esters is 1. The minimum absolute atomic E-state index is 0.0614. The Balaban J connectivity index is 2.21. The van der Waals surface area contributed by atoms with Gasteiger partial charge < -0.3 is 23.3 Å². The fourth-order valence-electron chi connectivity index (χ4n) is 3.55. The van der Waals surface area contributed by atoms with Crippen molar-refractivity contribution in [2.75, 3.05) is 13.2 Å². The molecule has 2 aromatic heterocycles. The number of fused-ring (bicyclic) bond motifs is 1. The van der Waals surface area contributed by atoms with E-state index in [1.807, 2.05) is 34.6 Å². The maximum atomic E-state index is 12.9. The molecule has 32 heavy (non-hydrogen) atoms. The van der Waals surface area contributed by atoms with Crippen LogP contribution in [0, 0.1) is 0 Å². The minimum atomic E-state index is -4.58. The lowest BCUT2D eigenvalue weighted by Gasteiger charge is -2.32. The standard InChI is InChI=1S/C21H28BF3N2O5/c1-8-14-13(22-31-19(3,4)20(5,6)32-22)10-12-16(30-11-21(23,24)25)15(18(28)29-9-2)27(7)17(12)26-14/h10H,8-9,11H2,1-7H3. The Bertz CT molecular complexity index is 1020. The van der Waals surface area contributed by atoms with Crippen molar-refractivity contribution < 1.29 is 36.7 Å². The van der Waals surface area contributed by atoms with E-state index in [1.54, 1.807) is 13.0 Å². The fourth-order valence-corrected chi connectivity index (χ4v) is 3.55. The summed E-state index contributed by atoms with van der Waals surface area (Å²) in [5, 5.41) is 0.252. The van der Waals surface area contributed by atoms with Gasteiger partial charge in [-0.1, -0.05) is 6.92 Å². The van der Waals surface area contributed by atoms with Crippen LogP contribution in [-0.4, -0.2) is 53.2 Å². The highest BCUT2D eigenvalue weighted by molar-refractivity contribution is 6.62. The largest absolute Gasteiger partial charge is 0.496 e. The number of carbonyl (C=O) groups is 1. The molecular formula is C21H28BF3N2O5. The third-order valence-corrected chi connectivity index (χ3v) is 5.92. The number of aryl methyl sites for hydroxylation is 2. The summed E-state index contributed by atoms with van der Waals surface area (Å²) in [5.74, 6) is -1.02. The second-order valence-electron chi connectivity index (χ2n) is 8.70. The van der Waals surface area contributed by atoms with E-state index < -0.39 is 37.1 Å². The number of rotatable bonds is 6. The SMILES string of the molecule is CCOC(=O)c1c(OCC(F)(F)F)c2cc(B3OC(C)(C)C(C)(C)O3)c(CC)nc2n1C. The smallest absolute Gasteiger partial charge is 0.481 e. The zero-order valence-corrected chi connectivity index (χ0v) is 19.3. The molecule has 1 aliphatic rings. The van der Waals surface area contributed by atoms with Crippen molar-refractivity contribution in [2.45, 2.75) is 65.3 Å². The van der Waals surface area contributed by atoms with Crippen LogP contribution in [0.2, 0.25) is 0 Å². The first-order valence-electron chi connectivity index (χ1n) is 10.5. The predicted octanol–water partition coefficient (Wildman–Crippen LogP) is 3.55. The molecule has 0 amide bonds. The summed E-state index contributed by atoms with van der Waals surface area (Å²) in [7, 11) is 0.768. The van der Waals surface area contributed by atoms with Crippen LogP contribution in [0.1, 0.15) is 57.7 Å². The average Bonchev–Trinajstić information content (AvgIpc) is 3.07. The summed E-state index contributed by atoms with van der Waals surface area (Å²) >= 11 is 0. The molecule has 0 spiro atoms. The highest BCUT2D eigenvalue weighted by Gasteiger charge is 2.52. The average molecular weight is 456 g/mol. The zero-order valence-electron chi connectivity index (χ0n) is 19.3. The molecule has 0 unspecified atom stereocenters. The Labute approximate surface area is 185 Å². The molecule has 11 heteroatoms. The van der Waals surface area contributed by atoms with Crippen LogP contribution in [0.25, 0.3) is 11.0 Å². The van der Waals surface area contributed by atoms with Gasteiger partial charge in [-0.2, -0.15) is 13.2 Å². The number of hydrogen-bond donors (Lipinski definition) is 0. The lowest BCUT2D eigenvalue weighted by molar-refractivity contribution is -0.153. The Morgan fingerprint density at radius 2 is 1.78 bits per heavy atom. The van der Waals surface area contributed by atoms with Gasteiger partial charge in [-0.05, 0) is 47.1 Å². The molecule has 2 aromatic rings. The molecule has 0 bridgehead atoms. The summed E-state index contributed by atoms with van der Waals surface area (Å²) in [6.45, 7) is 9.65. The summed E-state index contributed by atoms with van der Waals surface area (Å²) < 4.78 is 62.7. The summed E-state index contributed by atoms with van der Waals surface area (Å²) in [4.78, 5) is 17.2. The van der Waals surface area contributed by atoms with Crippen molar-refractivity contribution in [1.29, 1.82) is 0 Å². The number of aromatic nitrogens is 2. The maximum absolute atomic E-state index is 12.9. The minimum Gasteiger partial charge on any atom is -0.481 e. The molecule has 3 heterocycles. The van der Waals surface area contributed by atoms with Gasteiger partial charge >= 0.3 is 19.3 Å². The van der Waals surface area contributed by atoms with Gasteiger partial charge in [0.05, 0.1) is 23.2 Å². The van der Waals surface area contributed by atoms with Gasteiger partial charge in [0.15, 0.2) is 18.1 Å². The van der Waals surface area contributed by atoms with Crippen molar-refractivity contribution in [3.05, 3.63) is 17.5 Å². The second-order valence-corrected chi connectivity index (χ2v) is 8.70. The van der Waals surface area contributed by atoms with Crippen molar-refractivity contribution in [1.82, 2.24) is 9.55 Å². The van der Waals surface area contributed by atoms with E-state index in [9.17, 15) is 18.0 Å². The van der Waals surface area contributed by atoms with Crippen molar-refractivity contribution in [3.8, 4) is 5.75 Å². The Hall–Kier alpha value is -2.27. The first kappa shape index (κ1) is 24.4. The van der Waals surface area contributed by atoms with Crippen LogP contribution in [0.15, 0.2) is 6.07 Å². The zero-order chi connectivity index (χ0) is 24.1. The molecule has 0 radical (unpaired) electrons. The van der Waals surface area contributed by atoms with E-state index >= 15 is 0 Å². The second kappa shape index (κ2) is 8.26. The molecule has 176 valence electrons. The molecule has 0 saturated carbocycles. The predicted molar refractivity (Wildman–Crippen MR) is 113 cm³/mol. The van der Waals surface area contributed by atoms with Crippen LogP contribution in [0.3, 0.4) is 0 Å². The summed E-state index contributed by atoms with van der Waals surface area (Å²) in [5.41, 5.74) is 0.181. The quantitative estimate of drug-likeness (QED) is 0.489. The molecule has 1 fully saturated rings. The van der Waals surface area contributed by atoms with Crippen molar-refractivity contribution in [2.24, 2.45) is 7.05 Å². The number of carbonyl (C=O) groups excluding carboxylic acids is 1. The van der Waals surface area contributed by atoms with E-state index in [0.29, 0.717) is 23.2 Å². The van der Waals surface area contributed by atoms with Gasteiger partial charge in [-0.25, -0.2) is 9.78 Å². The molecule has 7 nitrogen and oxygen atoms in total. The number of hydrogen-bond acceptors (Lipinski definition) is 6. The molecule has 0 aliphatic carbocycles. The van der Waals surface area contributed by atoms with Gasteiger partial charge in [0.2, 0.25) is 0 Å². The van der Waals surface area contributed by atoms with Crippen LogP contribution in [0.4, 0.5) is 13.2 Å². The summed E-state index contributed by atoms with van der Waals surface area (Å²) in [6, 6.07) is 1.64. The number of alkyl halides is 3. The van der Waals surface area contributed by atoms with Crippen molar-refractivity contribution >= 4 is 29.6 Å². The molecular weight excluding hydrogens is 428 g/mol. The number of nitrogens with zero attached hydrogens (tertiary/aromatic N) is 2. The van der Waals surface area contributed by atoms with E-state index in [0.717, 1.165) is 0 Å². The number of pyridine rings is 1. The van der Waals surface area contributed by atoms with Gasteiger partial charge in [0, 0.05) is 18.2 Å². The van der Waals surface area contributed by atoms with E-state index in [2.05, 4.69) is 4.98 Å². The third kappa shape index (κ3) is 4.32. The normalized spacial score (nSPS) is 17.8. The topological polar surface area (TPSA) is 71.8 Å². The highest BCUT2D eigenvalue weighted by atomic mass is 19.4.